The third kappa shape index (κ3) is 2.21. The Kier molecular flexibility index (Phi) is 2.49. The molecule has 0 aliphatic carbocycles. The zero-order valence-electron chi connectivity index (χ0n) is 5.15. The summed E-state index contributed by atoms with van der Waals surface area (Å²) in [4.78, 5) is 10.1. The van der Waals surface area contributed by atoms with Gasteiger partial charge < -0.3 is 0 Å². The molecule has 2 nitrogen and oxygen atoms in total. The molecule has 1 N–H and O–H groups in total. The molecule has 0 heterocycles. The van der Waals surface area contributed by atoms with Crippen LogP contribution in [0.3, 0.4) is 0 Å². The molecule has 10 heavy (non-hydrogen) atoms. The van der Waals surface area contributed by atoms with Crippen LogP contribution in [-0.2, 0) is 16.0 Å². The minimum atomic E-state index is -0.286. The second-order valence-corrected chi connectivity index (χ2v) is 2.26. The summed E-state index contributed by atoms with van der Waals surface area (Å²) in [6.07, 6.45) is 0. The van der Waals surface area contributed by atoms with Gasteiger partial charge in [0.1, 0.15) is 0 Å². The van der Waals surface area contributed by atoms with Crippen molar-refractivity contribution in [2.45, 2.75) is 0 Å². The monoisotopic (exact) mass is 176 g/mol. The zero-order chi connectivity index (χ0) is 7.40. The molecular weight excluding hydrogens is 170 g/mol. The first kappa shape index (κ1) is 7.32. The van der Waals surface area contributed by atoms with Crippen molar-refractivity contribution in [1.29, 1.82) is 0 Å². The number of para-hydroxylation sites is 1. The number of carbonyl (C=O) groups excluding carboxylic acids is 1. The average molecular weight is 176 g/mol. The number of benzene rings is 1. The SMILES string of the molecule is O=[C]([Fe])Nc1ccccc1. The van der Waals surface area contributed by atoms with E-state index in [1.807, 2.05) is 30.3 Å². The molecule has 53 valence electrons. The molecule has 0 unspecified atom stereocenters. The molecule has 0 atom stereocenters. The summed E-state index contributed by atoms with van der Waals surface area (Å²) in [6, 6.07) is 9.21. The Morgan fingerprint density at radius 1 is 1.30 bits per heavy atom. The minimum absolute atomic E-state index is 0.286. The summed E-state index contributed by atoms with van der Waals surface area (Å²) in [5, 5.41) is 2.55. The fourth-order valence-electron chi connectivity index (χ4n) is 0.631. The molecule has 1 aromatic rings. The van der Waals surface area contributed by atoms with E-state index < -0.39 is 0 Å². The van der Waals surface area contributed by atoms with Crippen LogP contribution < -0.4 is 5.32 Å². The molecule has 0 aromatic heterocycles. The van der Waals surface area contributed by atoms with E-state index in [-0.39, 0.29) is 4.81 Å². The van der Waals surface area contributed by atoms with Crippen molar-refractivity contribution >= 4 is 10.5 Å². The van der Waals surface area contributed by atoms with E-state index >= 15 is 0 Å². The van der Waals surface area contributed by atoms with Gasteiger partial charge >= 0.3 is 66.9 Å². The van der Waals surface area contributed by atoms with E-state index in [1.165, 1.54) is 0 Å². The third-order valence-corrected chi connectivity index (χ3v) is 1.15. The number of rotatable bonds is 1. The fourth-order valence-corrected chi connectivity index (χ4v) is 0.791. The van der Waals surface area contributed by atoms with Crippen LogP contribution in [0.4, 0.5) is 10.5 Å². The topological polar surface area (TPSA) is 29.1 Å². The van der Waals surface area contributed by atoms with Crippen LogP contribution in [0.1, 0.15) is 0 Å². The Bertz CT molecular complexity index is 222. The summed E-state index contributed by atoms with van der Waals surface area (Å²) in [7, 11) is 0. The number of nitrogens with one attached hydrogen (secondary N) is 1. The molecule has 0 saturated carbocycles. The fraction of sp³-hybridized carbons (Fsp3) is 0. The predicted molar refractivity (Wildman–Crippen MR) is 35.5 cm³/mol. The van der Waals surface area contributed by atoms with Gasteiger partial charge in [0.2, 0.25) is 0 Å². The zero-order valence-corrected chi connectivity index (χ0v) is 6.25. The van der Waals surface area contributed by atoms with Gasteiger partial charge in [0.15, 0.2) is 0 Å². The normalized spacial score (nSPS) is 8.90. The van der Waals surface area contributed by atoms with Crippen LogP contribution >= 0.6 is 0 Å². The molecule has 0 saturated heterocycles. The predicted octanol–water partition coefficient (Wildman–Crippen LogP) is 1.77. The van der Waals surface area contributed by atoms with Gasteiger partial charge in [0.05, 0.1) is 0 Å². The first-order valence-electron chi connectivity index (χ1n) is 2.79. The van der Waals surface area contributed by atoms with Gasteiger partial charge in [-0.05, 0) is 0 Å². The van der Waals surface area contributed by atoms with Crippen LogP contribution in [0.5, 0.6) is 0 Å². The Balaban J connectivity index is 2.67. The second kappa shape index (κ2) is 3.40. The van der Waals surface area contributed by atoms with Crippen molar-refractivity contribution in [2.24, 2.45) is 0 Å². The van der Waals surface area contributed by atoms with Gasteiger partial charge in [-0.1, -0.05) is 0 Å². The van der Waals surface area contributed by atoms with Gasteiger partial charge in [-0.2, -0.15) is 0 Å². The van der Waals surface area contributed by atoms with E-state index in [2.05, 4.69) is 21.3 Å². The van der Waals surface area contributed by atoms with Crippen LogP contribution in [0.25, 0.3) is 0 Å². The summed E-state index contributed by atoms with van der Waals surface area (Å²) < 4.78 is 0. The van der Waals surface area contributed by atoms with Gasteiger partial charge in [-0.25, -0.2) is 0 Å². The quantitative estimate of drug-likeness (QED) is 0.649. The van der Waals surface area contributed by atoms with Gasteiger partial charge in [0, 0.05) is 0 Å². The number of amides is 1. The number of hydrogen-bond donors (Lipinski definition) is 1. The summed E-state index contributed by atoms with van der Waals surface area (Å²) in [5.41, 5.74) is 0.780. The first-order valence-corrected chi connectivity index (χ1v) is 3.34. The Morgan fingerprint density at radius 3 is 2.40 bits per heavy atom. The van der Waals surface area contributed by atoms with E-state index in [1.54, 1.807) is 0 Å². The Hall–Kier alpha value is -0.791. The van der Waals surface area contributed by atoms with Crippen molar-refractivity contribution in [3.63, 3.8) is 0 Å². The number of hydrogen-bond acceptors (Lipinski definition) is 1. The Labute approximate surface area is 67.4 Å². The second-order valence-electron chi connectivity index (χ2n) is 1.75. The van der Waals surface area contributed by atoms with Crippen LogP contribution in [0.2, 0.25) is 0 Å². The molecule has 0 aliphatic rings. The standard InChI is InChI=1S/C7H6NO.Fe/c9-6-8-7-4-2-1-3-5-7;/h1-5H,(H,8,9);. The molecule has 1 aromatic carbocycles. The number of carbonyl (C=O) groups is 1. The molecule has 1 amide bonds. The molecule has 1 rings (SSSR count). The van der Waals surface area contributed by atoms with E-state index in [9.17, 15) is 4.79 Å². The van der Waals surface area contributed by atoms with Crippen molar-refractivity contribution in [2.75, 3.05) is 5.32 Å². The molecule has 3 heteroatoms. The van der Waals surface area contributed by atoms with Crippen LogP contribution in [-0.4, -0.2) is 4.81 Å². The average Bonchev–Trinajstić information content (AvgIpc) is 1.88. The van der Waals surface area contributed by atoms with Gasteiger partial charge in [-0.3, -0.25) is 0 Å². The van der Waals surface area contributed by atoms with E-state index in [4.69, 9.17) is 0 Å². The van der Waals surface area contributed by atoms with Crippen LogP contribution in [0.15, 0.2) is 30.3 Å². The third-order valence-electron chi connectivity index (χ3n) is 1.01. The van der Waals surface area contributed by atoms with E-state index in [0.29, 0.717) is 0 Å². The number of anilines is 1. The van der Waals surface area contributed by atoms with Crippen molar-refractivity contribution < 1.29 is 20.8 Å². The van der Waals surface area contributed by atoms with Gasteiger partial charge in [0.25, 0.3) is 0 Å². The molecule has 0 fully saturated rings. The molecule has 0 aliphatic heterocycles. The van der Waals surface area contributed by atoms with Crippen molar-refractivity contribution in [3.05, 3.63) is 30.3 Å². The maximum absolute atomic E-state index is 10.4. The first-order chi connectivity index (χ1) is 4.79. The van der Waals surface area contributed by atoms with Crippen molar-refractivity contribution in [3.8, 4) is 0 Å². The summed E-state index contributed by atoms with van der Waals surface area (Å²) in [6.45, 7) is 0. The summed E-state index contributed by atoms with van der Waals surface area (Å²) >= 11 is 3.18. The Morgan fingerprint density at radius 2 is 1.90 bits per heavy atom. The van der Waals surface area contributed by atoms with Gasteiger partial charge in [-0.15, -0.1) is 0 Å². The molecule has 0 bridgehead atoms. The molecule has 0 radical (unpaired) electrons. The van der Waals surface area contributed by atoms with E-state index in [0.717, 1.165) is 5.69 Å². The summed E-state index contributed by atoms with van der Waals surface area (Å²) in [5.74, 6) is 0. The molecular formula is C7H6FeNO. The van der Waals surface area contributed by atoms with Crippen molar-refractivity contribution in [1.82, 2.24) is 0 Å². The van der Waals surface area contributed by atoms with Crippen LogP contribution in [0, 0.1) is 0 Å². The maximum atomic E-state index is 10.4. The molecule has 0 spiro atoms.